The molecule has 17 heavy (non-hydrogen) atoms. The highest BCUT2D eigenvalue weighted by atomic mass is 19.1. The summed E-state index contributed by atoms with van der Waals surface area (Å²) in [6.45, 7) is 4.37. The summed E-state index contributed by atoms with van der Waals surface area (Å²) in [4.78, 5) is 0. The quantitative estimate of drug-likeness (QED) is 0.883. The molecule has 90 valence electrons. The van der Waals surface area contributed by atoms with Crippen molar-refractivity contribution in [1.29, 1.82) is 0 Å². The molecule has 1 aromatic carbocycles. The van der Waals surface area contributed by atoms with Gasteiger partial charge in [-0.1, -0.05) is 6.07 Å². The van der Waals surface area contributed by atoms with Crippen LogP contribution in [0.4, 0.5) is 10.1 Å². The van der Waals surface area contributed by atoms with Crippen molar-refractivity contribution in [2.75, 3.05) is 5.32 Å². The number of hydrogen-bond acceptors (Lipinski definition) is 2. The molecule has 2 rings (SSSR count). The predicted molar refractivity (Wildman–Crippen MR) is 66.4 cm³/mol. The Morgan fingerprint density at radius 1 is 1.35 bits per heavy atom. The standard InChI is InChI=1S/C13H16FN3/c1-9-7-11(17(3)16-9)8-15-13-6-4-5-12(14)10(13)2/h4-7,15H,8H2,1-3H3. The fraction of sp³-hybridized carbons (Fsp3) is 0.308. The van der Waals surface area contributed by atoms with E-state index in [1.54, 1.807) is 13.0 Å². The molecule has 0 fully saturated rings. The maximum absolute atomic E-state index is 13.3. The van der Waals surface area contributed by atoms with E-state index in [2.05, 4.69) is 10.4 Å². The highest BCUT2D eigenvalue weighted by Gasteiger charge is 2.05. The van der Waals surface area contributed by atoms with Gasteiger partial charge in [0.2, 0.25) is 0 Å². The molecule has 1 aromatic heterocycles. The lowest BCUT2D eigenvalue weighted by atomic mass is 10.2. The summed E-state index contributed by atoms with van der Waals surface area (Å²) < 4.78 is 15.2. The van der Waals surface area contributed by atoms with Crippen LogP contribution in [0, 0.1) is 19.7 Å². The SMILES string of the molecule is Cc1cc(CNc2cccc(F)c2C)n(C)n1. The zero-order valence-corrected chi connectivity index (χ0v) is 10.3. The van der Waals surface area contributed by atoms with E-state index in [0.717, 1.165) is 17.1 Å². The predicted octanol–water partition coefficient (Wildman–Crippen LogP) is 2.79. The molecule has 3 nitrogen and oxygen atoms in total. The lowest BCUT2D eigenvalue weighted by Gasteiger charge is -2.09. The summed E-state index contributed by atoms with van der Waals surface area (Å²) in [6.07, 6.45) is 0. The Labute approximate surface area is 100 Å². The van der Waals surface area contributed by atoms with Gasteiger partial charge in [-0.25, -0.2) is 4.39 Å². The molecule has 0 radical (unpaired) electrons. The van der Waals surface area contributed by atoms with Crippen LogP contribution in [0.15, 0.2) is 24.3 Å². The second-order valence-electron chi connectivity index (χ2n) is 4.17. The van der Waals surface area contributed by atoms with Gasteiger partial charge in [0.15, 0.2) is 0 Å². The Hall–Kier alpha value is -1.84. The summed E-state index contributed by atoms with van der Waals surface area (Å²) in [5.41, 5.74) is 3.53. The Bertz CT molecular complexity index is 531. The lowest BCUT2D eigenvalue weighted by Crippen LogP contribution is -2.06. The maximum Gasteiger partial charge on any atom is 0.128 e. The smallest absolute Gasteiger partial charge is 0.128 e. The van der Waals surface area contributed by atoms with Crippen molar-refractivity contribution >= 4 is 5.69 Å². The van der Waals surface area contributed by atoms with Gasteiger partial charge in [-0.2, -0.15) is 5.10 Å². The number of benzene rings is 1. The van der Waals surface area contributed by atoms with Gasteiger partial charge in [0, 0.05) is 18.3 Å². The molecule has 0 aliphatic carbocycles. The van der Waals surface area contributed by atoms with Crippen molar-refractivity contribution < 1.29 is 4.39 Å². The van der Waals surface area contributed by atoms with Crippen LogP contribution in [0.3, 0.4) is 0 Å². The van der Waals surface area contributed by atoms with Crippen molar-refractivity contribution in [2.45, 2.75) is 20.4 Å². The van der Waals surface area contributed by atoms with Gasteiger partial charge in [-0.05, 0) is 32.0 Å². The molecular weight excluding hydrogens is 217 g/mol. The molecule has 1 heterocycles. The molecular formula is C13H16FN3. The molecule has 0 amide bonds. The minimum atomic E-state index is -0.184. The third kappa shape index (κ3) is 2.46. The monoisotopic (exact) mass is 233 g/mol. The Morgan fingerprint density at radius 2 is 2.12 bits per heavy atom. The molecule has 0 spiro atoms. The third-order valence-electron chi connectivity index (χ3n) is 2.83. The van der Waals surface area contributed by atoms with Gasteiger partial charge in [0.25, 0.3) is 0 Å². The van der Waals surface area contributed by atoms with Crippen LogP contribution in [-0.4, -0.2) is 9.78 Å². The molecule has 0 aliphatic rings. The van der Waals surface area contributed by atoms with Gasteiger partial charge in [-0.15, -0.1) is 0 Å². The van der Waals surface area contributed by atoms with E-state index < -0.39 is 0 Å². The summed E-state index contributed by atoms with van der Waals surface area (Å²) in [5, 5.41) is 7.49. The van der Waals surface area contributed by atoms with Crippen LogP contribution in [0.5, 0.6) is 0 Å². The highest BCUT2D eigenvalue weighted by molar-refractivity contribution is 5.51. The summed E-state index contributed by atoms with van der Waals surface area (Å²) >= 11 is 0. The minimum absolute atomic E-state index is 0.184. The number of nitrogens with zero attached hydrogens (tertiary/aromatic N) is 2. The summed E-state index contributed by atoms with van der Waals surface area (Å²) in [7, 11) is 1.91. The zero-order valence-electron chi connectivity index (χ0n) is 10.3. The highest BCUT2D eigenvalue weighted by Crippen LogP contribution is 2.18. The first-order chi connectivity index (χ1) is 8.08. The zero-order chi connectivity index (χ0) is 12.4. The first-order valence-electron chi connectivity index (χ1n) is 5.56. The van der Waals surface area contributed by atoms with Crippen LogP contribution >= 0.6 is 0 Å². The number of aromatic nitrogens is 2. The third-order valence-corrected chi connectivity index (χ3v) is 2.83. The van der Waals surface area contributed by atoms with Crippen molar-refractivity contribution in [1.82, 2.24) is 9.78 Å². The molecule has 2 aromatic rings. The van der Waals surface area contributed by atoms with E-state index in [9.17, 15) is 4.39 Å². The Balaban J connectivity index is 2.12. The first kappa shape index (κ1) is 11.6. The Kier molecular flexibility index (Phi) is 3.13. The molecule has 0 saturated carbocycles. The van der Waals surface area contributed by atoms with Crippen molar-refractivity contribution in [2.24, 2.45) is 7.05 Å². The molecule has 0 aliphatic heterocycles. The van der Waals surface area contributed by atoms with E-state index in [-0.39, 0.29) is 5.82 Å². The van der Waals surface area contributed by atoms with Gasteiger partial charge in [0.05, 0.1) is 17.9 Å². The van der Waals surface area contributed by atoms with Crippen LogP contribution in [-0.2, 0) is 13.6 Å². The van der Waals surface area contributed by atoms with Crippen LogP contribution in [0.1, 0.15) is 17.0 Å². The maximum atomic E-state index is 13.3. The minimum Gasteiger partial charge on any atom is -0.379 e. The molecule has 4 heteroatoms. The second-order valence-corrected chi connectivity index (χ2v) is 4.17. The van der Waals surface area contributed by atoms with Crippen LogP contribution in [0.25, 0.3) is 0 Å². The van der Waals surface area contributed by atoms with Crippen LogP contribution < -0.4 is 5.32 Å². The fourth-order valence-electron chi connectivity index (χ4n) is 1.81. The Morgan fingerprint density at radius 3 is 2.76 bits per heavy atom. The fourth-order valence-corrected chi connectivity index (χ4v) is 1.81. The van der Waals surface area contributed by atoms with Gasteiger partial charge in [-0.3, -0.25) is 4.68 Å². The topological polar surface area (TPSA) is 29.9 Å². The summed E-state index contributed by atoms with van der Waals surface area (Å²) in [5.74, 6) is -0.184. The molecule has 1 N–H and O–H groups in total. The average Bonchev–Trinajstić information content (AvgIpc) is 2.60. The van der Waals surface area contributed by atoms with Crippen molar-refractivity contribution in [3.05, 3.63) is 47.0 Å². The number of anilines is 1. The number of hydrogen-bond donors (Lipinski definition) is 1. The number of halogens is 1. The lowest BCUT2D eigenvalue weighted by molar-refractivity contribution is 0.619. The molecule has 0 unspecified atom stereocenters. The summed E-state index contributed by atoms with van der Waals surface area (Å²) in [6, 6.07) is 7.07. The van der Waals surface area contributed by atoms with E-state index in [0.29, 0.717) is 12.1 Å². The molecule has 0 saturated heterocycles. The number of aryl methyl sites for hydroxylation is 2. The molecule has 0 atom stereocenters. The first-order valence-corrected chi connectivity index (χ1v) is 5.56. The van der Waals surface area contributed by atoms with Gasteiger partial charge in [0.1, 0.15) is 5.82 Å². The molecule has 0 bridgehead atoms. The van der Waals surface area contributed by atoms with E-state index in [1.165, 1.54) is 6.07 Å². The van der Waals surface area contributed by atoms with E-state index in [1.807, 2.05) is 30.8 Å². The largest absolute Gasteiger partial charge is 0.379 e. The van der Waals surface area contributed by atoms with Crippen molar-refractivity contribution in [3.8, 4) is 0 Å². The number of nitrogens with one attached hydrogen (secondary N) is 1. The van der Waals surface area contributed by atoms with Crippen LogP contribution in [0.2, 0.25) is 0 Å². The van der Waals surface area contributed by atoms with E-state index >= 15 is 0 Å². The van der Waals surface area contributed by atoms with E-state index in [4.69, 9.17) is 0 Å². The van der Waals surface area contributed by atoms with Gasteiger partial charge >= 0.3 is 0 Å². The van der Waals surface area contributed by atoms with Gasteiger partial charge < -0.3 is 5.32 Å². The average molecular weight is 233 g/mol. The number of rotatable bonds is 3. The van der Waals surface area contributed by atoms with Crippen molar-refractivity contribution in [3.63, 3.8) is 0 Å². The normalized spacial score (nSPS) is 10.6. The second kappa shape index (κ2) is 4.57.